The minimum Gasteiger partial charge on any atom is -0.496 e. The molecule has 0 aliphatic rings. The molecule has 0 saturated carbocycles. The molecule has 2 rings (SSSR count). The van der Waals surface area contributed by atoms with Crippen molar-refractivity contribution in [2.24, 2.45) is 0 Å². The lowest BCUT2D eigenvalue weighted by Crippen LogP contribution is -2.35. The third-order valence-corrected chi connectivity index (χ3v) is 3.15. The molecule has 0 radical (unpaired) electrons. The normalized spacial score (nSPS) is 9.88. The Morgan fingerprint density at radius 2 is 1.88 bits per heavy atom. The smallest absolute Gasteiger partial charge is 0.313 e. The number of rotatable bonds is 5. The van der Waals surface area contributed by atoms with Gasteiger partial charge in [-0.2, -0.15) is 0 Å². The highest BCUT2D eigenvalue weighted by Gasteiger charge is 2.15. The van der Waals surface area contributed by atoms with Gasteiger partial charge >= 0.3 is 11.8 Å². The van der Waals surface area contributed by atoms with Crippen LogP contribution in [0, 0.1) is 10.1 Å². The summed E-state index contributed by atoms with van der Waals surface area (Å²) in [7, 11) is 1.51. The van der Waals surface area contributed by atoms with Crippen LogP contribution in [0.25, 0.3) is 0 Å². The number of ether oxygens (including phenoxy) is 1. The van der Waals surface area contributed by atoms with Crippen LogP contribution in [0.3, 0.4) is 0 Å². The van der Waals surface area contributed by atoms with Crippen LogP contribution in [0.5, 0.6) is 5.75 Å². The molecular weight excluding hydrogens is 314 g/mol. The van der Waals surface area contributed by atoms with E-state index in [0.29, 0.717) is 5.75 Å². The molecule has 2 aromatic carbocycles. The second-order valence-electron chi connectivity index (χ2n) is 4.76. The molecule has 0 aliphatic carbocycles. The molecule has 0 heterocycles. The number of methoxy groups -OCH3 is 1. The number of carbonyl (C=O) groups is 2. The maximum Gasteiger partial charge on any atom is 0.313 e. The number of hydrogen-bond acceptors (Lipinski definition) is 5. The van der Waals surface area contributed by atoms with E-state index < -0.39 is 16.7 Å². The first kappa shape index (κ1) is 16.9. The quantitative estimate of drug-likeness (QED) is 0.494. The summed E-state index contributed by atoms with van der Waals surface area (Å²) in [5, 5.41) is 15.5. The van der Waals surface area contributed by atoms with E-state index in [-0.39, 0.29) is 17.9 Å². The highest BCUT2D eigenvalue weighted by molar-refractivity contribution is 6.39. The van der Waals surface area contributed by atoms with Gasteiger partial charge in [0.25, 0.3) is 5.69 Å². The van der Waals surface area contributed by atoms with E-state index in [0.717, 1.165) is 5.56 Å². The number of nitro benzene ring substituents is 1. The summed E-state index contributed by atoms with van der Waals surface area (Å²) in [6, 6.07) is 12.4. The van der Waals surface area contributed by atoms with Crippen LogP contribution in [-0.2, 0) is 16.1 Å². The number of amides is 2. The molecular formula is C16H15N3O5. The van der Waals surface area contributed by atoms with E-state index in [4.69, 9.17) is 4.74 Å². The fourth-order valence-electron chi connectivity index (χ4n) is 1.99. The van der Waals surface area contributed by atoms with E-state index in [9.17, 15) is 19.7 Å². The van der Waals surface area contributed by atoms with Gasteiger partial charge in [0.05, 0.1) is 12.0 Å². The second-order valence-corrected chi connectivity index (χ2v) is 4.76. The standard InChI is InChI=1S/C16H15N3O5/c1-24-14-8-3-2-5-11(14)10-17-15(20)16(21)18-12-6-4-7-13(9-12)19(22)23/h2-9H,10H2,1H3,(H,17,20)(H,18,21). The molecule has 0 atom stereocenters. The van der Waals surface area contributed by atoms with Crippen molar-refractivity contribution >= 4 is 23.2 Å². The summed E-state index contributed by atoms with van der Waals surface area (Å²) in [4.78, 5) is 33.8. The number of hydrogen-bond donors (Lipinski definition) is 2. The van der Waals surface area contributed by atoms with Crippen molar-refractivity contribution in [1.29, 1.82) is 0 Å². The highest BCUT2D eigenvalue weighted by Crippen LogP contribution is 2.18. The topological polar surface area (TPSA) is 111 Å². The summed E-state index contributed by atoms with van der Waals surface area (Å²) >= 11 is 0. The minimum atomic E-state index is -0.912. The van der Waals surface area contributed by atoms with Gasteiger partial charge in [-0.05, 0) is 12.1 Å². The number of nitro groups is 1. The first-order chi connectivity index (χ1) is 11.5. The fraction of sp³-hybridized carbons (Fsp3) is 0.125. The van der Waals surface area contributed by atoms with Gasteiger partial charge in [-0.15, -0.1) is 0 Å². The number of carbonyl (C=O) groups excluding carboxylic acids is 2. The van der Waals surface area contributed by atoms with Gasteiger partial charge in [0.15, 0.2) is 0 Å². The SMILES string of the molecule is COc1ccccc1CNC(=O)C(=O)Nc1cccc([N+](=O)[O-])c1. The Labute approximate surface area is 137 Å². The van der Waals surface area contributed by atoms with Crippen molar-refractivity contribution in [3.05, 3.63) is 64.2 Å². The minimum absolute atomic E-state index is 0.116. The molecule has 8 heteroatoms. The maximum atomic E-state index is 11.8. The van der Waals surface area contributed by atoms with Crippen molar-refractivity contribution in [2.45, 2.75) is 6.54 Å². The zero-order valence-corrected chi connectivity index (χ0v) is 12.8. The van der Waals surface area contributed by atoms with Crippen LogP contribution in [0.4, 0.5) is 11.4 Å². The Hall–Kier alpha value is -3.42. The number of para-hydroxylation sites is 1. The van der Waals surface area contributed by atoms with Crippen molar-refractivity contribution in [2.75, 3.05) is 12.4 Å². The fourth-order valence-corrected chi connectivity index (χ4v) is 1.99. The molecule has 0 aliphatic heterocycles. The van der Waals surface area contributed by atoms with E-state index in [2.05, 4.69) is 10.6 Å². The monoisotopic (exact) mass is 329 g/mol. The summed E-state index contributed by atoms with van der Waals surface area (Å²) in [6.45, 7) is 0.116. The summed E-state index contributed by atoms with van der Waals surface area (Å²) in [6.07, 6.45) is 0. The highest BCUT2D eigenvalue weighted by atomic mass is 16.6. The largest absolute Gasteiger partial charge is 0.496 e. The molecule has 2 amide bonds. The van der Waals surface area contributed by atoms with Crippen LogP contribution in [0.15, 0.2) is 48.5 Å². The number of nitrogens with one attached hydrogen (secondary N) is 2. The zero-order valence-electron chi connectivity index (χ0n) is 12.8. The maximum absolute atomic E-state index is 11.8. The molecule has 124 valence electrons. The van der Waals surface area contributed by atoms with Crippen LogP contribution < -0.4 is 15.4 Å². The molecule has 0 fully saturated rings. The van der Waals surface area contributed by atoms with Crippen molar-refractivity contribution < 1.29 is 19.2 Å². The van der Waals surface area contributed by atoms with Gasteiger partial charge in [0.1, 0.15) is 5.75 Å². The lowest BCUT2D eigenvalue weighted by molar-refractivity contribution is -0.384. The third kappa shape index (κ3) is 4.29. The predicted molar refractivity (Wildman–Crippen MR) is 86.6 cm³/mol. The van der Waals surface area contributed by atoms with E-state index in [1.54, 1.807) is 24.3 Å². The van der Waals surface area contributed by atoms with Crippen LogP contribution in [0.1, 0.15) is 5.56 Å². The number of anilines is 1. The van der Waals surface area contributed by atoms with E-state index in [1.165, 1.54) is 31.4 Å². The molecule has 0 aromatic heterocycles. The number of nitrogens with zero attached hydrogens (tertiary/aromatic N) is 1. The van der Waals surface area contributed by atoms with Crippen LogP contribution in [-0.4, -0.2) is 23.8 Å². The van der Waals surface area contributed by atoms with E-state index >= 15 is 0 Å². The zero-order chi connectivity index (χ0) is 17.5. The Morgan fingerprint density at radius 1 is 1.12 bits per heavy atom. The van der Waals surface area contributed by atoms with Crippen molar-refractivity contribution in [3.63, 3.8) is 0 Å². The van der Waals surface area contributed by atoms with Gasteiger partial charge in [-0.25, -0.2) is 0 Å². The summed E-state index contributed by atoms with van der Waals surface area (Å²) in [5.41, 5.74) is 0.709. The number of non-ortho nitro benzene ring substituents is 1. The van der Waals surface area contributed by atoms with Crippen molar-refractivity contribution in [1.82, 2.24) is 5.32 Å². The predicted octanol–water partition coefficient (Wildman–Crippen LogP) is 1.86. The number of benzene rings is 2. The Kier molecular flexibility index (Phi) is 5.45. The van der Waals surface area contributed by atoms with Crippen LogP contribution >= 0.6 is 0 Å². The van der Waals surface area contributed by atoms with Gasteiger partial charge in [-0.1, -0.05) is 24.3 Å². The molecule has 0 saturated heterocycles. The molecule has 24 heavy (non-hydrogen) atoms. The molecule has 0 unspecified atom stereocenters. The first-order valence-electron chi connectivity index (χ1n) is 6.97. The average molecular weight is 329 g/mol. The lowest BCUT2D eigenvalue weighted by atomic mass is 10.2. The Bertz CT molecular complexity index is 776. The molecule has 0 bridgehead atoms. The van der Waals surface area contributed by atoms with Gasteiger partial charge < -0.3 is 15.4 Å². The molecule has 2 aromatic rings. The van der Waals surface area contributed by atoms with Crippen LogP contribution in [0.2, 0.25) is 0 Å². The van der Waals surface area contributed by atoms with E-state index in [1.807, 2.05) is 0 Å². The first-order valence-corrected chi connectivity index (χ1v) is 6.97. The Morgan fingerprint density at radius 3 is 2.58 bits per heavy atom. The molecule has 2 N–H and O–H groups in total. The lowest BCUT2D eigenvalue weighted by Gasteiger charge is -2.09. The Balaban J connectivity index is 1.96. The summed E-state index contributed by atoms with van der Waals surface area (Å²) < 4.78 is 5.15. The third-order valence-electron chi connectivity index (χ3n) is 3.15. The average Bonchev–Trinajstić information content (AvgIpc) is 2.60. The van der Waals surface area contributed by atoms with Crippen molar-refractivity contribution in [3.8, 4) is 5.75 Å². The van der Waals surface area contributed by atoms with Gasteiger partial charge in [0.2, 0.25) is 0 Å². The second kappa shape index (κ2) is 7.73. The van der Waals surface area contributed by atoms with Gasteiger partial charge in [-0.3, -0.25) is 19.7 Å². The molecule has 0 spiro atoms. The van der Waals surface area contributed by atoms with Gasteiger partial charge in [0, 0.05) is 29.9 Å². The molecule has 8 nitrogen and oxygen atoms in total. The summed E-state index contributed by atoms with van der Waals surface area (Å²) in [5.74, 6) is -1.17.